The Labute approximate surface area is 234 Å². The Hall–Kier alpha value is -3.10. The van der Waals surface area contributed by atoms with Gasteiger partial charge in [0.15, 0.2) is 0 Å². The monoisotopic (exact) mass is 547 g/mol. The number of amides is 3. The second kappa shape index (κ2) is 16.1. The quantitative estimate of drug-likeness (QED) is 0.251. The molecule has 1 rings (SSSR count). The molecule has 9 nitrogen and oxygen atoms in total. The van der Waals surface area contributed by atoms with Gasteiger partial charge in [0.05, 0.1) is 7.11 Å². The van der Waals surface area contributed by atoms with Gasteiger partial charge in [0.25, 0.3) is 0 Å². The van der Waals surface area contributed by atoms with Gasteiger partial charge >= 0.3 is 12.1 Å². The molecule has 39 heavy (non-hydrogen) atoms. The van der Waals surface area contributed by atoms with Crippen LogP contribution in [0.2, 0.25) is 0 Å². The fraction of sp³-hybridized carbons (Fsp3) is 0.667. The van der Waals surface area contributed by atoms with E-state index in [1.807, 2.05) is 45.9 Å². The summed E-state index contributed by atoms with van der Waals surface area (Å²) in [7, 11) is 1.25. The summed E-state index contributed by atoms with van der Waals surface area (Å²) in [5, 5.41) is 5.43. The molecule has 0 fully saturated rings. The first kappa shape index (κ1) is 33.9. The maximum atomic E-state index is 14.3. The average Bonchev–Trinajstić information content (AvgIpc) is 2.87. The maximum absolute atomic E-state index is 14.3. The zero-order valence-corrected chi connectivity index (χ0v) is 25.3. The highest BCUT2D eigenvalue weighted by molar-refractivity contribution is 5.93. The third-order valence-electron chi connectivity index (χ3n) is 6.82. The highest BCUT2D eigenvalue weighted by atomic mass is 16.6. The molecule has 9 heteroatoms. The number of hydrogen-bond acceptors (Lipinski definition) is 6. The molecular formula is C30H49N3O6. The molecule has 1 aromatic carbocycles. The van der Waals surface area contributed by atoms with E-state index in [2.05, 4.69) is 17.6 Å². The summed E-state index contributed by atoms with van der Waals surface area (Å²) in [5.41, 5.74) is 1.78. The summed E-state index contributed by atoms with van der Waals surface area (Å²) >= 11 is 0. The number of methoxy groups -OCH3 is 1. The number of benzene rings is 1. The van der Waals surface area contributed by atoms with Crippen LogP contribution in [0.5, 0.6) is 0 Å². The average molecular weight is 548 g/mol. The van der Waals surface area contributed by atoms with Gasteiger partial charge in [-0.3, -0.25) is 14.4 Å². The molecule has 0 heterocycles. The first-order valence-electron chi connectivity index (χ1n) is 14.0. The molecular weight excluding hydrogens is 498 g/mol. The molecule has 0 bridgehead atoms. The number of nitrogens with one attached hydrogen (secondary N) is 2. The molecule has 0 saturated heterocycles. The zero-order chi connectivity index (χ0) is 29.8. The lowest BCUT2D eigenvalue weighted by Gasteiger charge is -2.36. The fourth-order valence-corrected chi connectivity index (χ4v) is 4.22. The zero-order valence-electron chi connectivity index (χ0n) is 25.3. The number of nitrogens with zero attached hydrogens (tertiary/aromatic N) is 1. The van der Waals surface area contributed by atoms with Crippen LogP contribution < -0.4 is 10.6 Å². The molecule has 0 radical (unpaired) electrons. The van der Waals surface area contributed by atoms with Gasteiger partial charge in [0.1, 0.15) is 24.2 Å². The molecule has 2 N–H and O–H groups in total. The van der Waals surface area contributed by atoms with Crippen LogP contribution in [-0.4, -0.2) is 60.6 Å². The van der Waals surface area contributed by atoms with Crippen molar-refractivity contribution in [1.82, 2.24) is 15.5 Å². The van der Waals surface area contributed by atoms with E-state index >= 15 is 0 Å². The number of rotatable bonds is 14. The van der Waals surface area contributed by atoms with Crippen LogP contribution in [0.25, 0.3) is 0 Å². The normalized spacial score (nSPS) is 13.6. The third-order valence-corrected chi connectivity index (χ3v) is 6.82. The largest absolute Gasteiger partial charge is 0.468 e. The highest BCUT2D eigenvalue weighted by Gasteiger charge is 2.38. The Bertz CT molecular complexity index is 972. The van der Waals surface area contributed by atoms with Crippen LogP contribution in [-0.2, 0) is 23.9 Å². The number of ether oxygens (including phenoxy) is 2. The highest BCUT2D eigenvalue weighted by Crippen LogP contribution is 2.29. The molecule has 0 aliphatic carbocycles. The Morgan fingerprint density at radius 3 is 2.26 bits per heavy atom. The lowest BCUT2D eigenvalue weighted by Crippen LogP contribution is -2.55. The molecule has 0 aromatic heterocycles. The summed E-state index contributed by atoms with van der Waals surface area (Å²) in [6, 6.07) is 3.72. The van der Waals surface area contributed by atoms with Gasteiger partial charge in [0.2, 0.25) is 11.8 Å². The number of carbonyl (C=O) groups is 4. The summed E-state index contributed by atoms with van der Waals surface area (Å²) in [6.45, 7) is 15.1. The number of alkyl carbamates (subject to hydrolysis) is 1. The number of esters is 1. The van der Waals surface area contributed by atoms with Crippen LogP contribution in [0.1, 0.15) is 96.4 Å². The molecule has 220 valence electrons. The molecule has 0 aliphatic heterocycles. The van der Waals surface area contributed by atoms with Gasteiger partial charge < -0.3 is 25.0 Å². The number of carbonyl (C=O) groups excluding carboxylic acids is 4. The summed E-state index contributed by atoms with van der Waals surface area (Å²) in [5.74, 6) is -1.67. The maximum Gasteiger partial charge on any atom is 0.408 e. The van der Waals surface area contributed by atoms with Crippen molar-refractivity contribution in [3.05, 3.63) is 34.9 Å². The van der Waals surface area contributed by atoms with E-state index in [1.54, 1.807) is 25.7 Å². The smallest absolute Gasteiger partial charge is 0.408 e. The summed E-state index contributed by atoms with van der Waals surface area (Å²) in [4.78, 5) is 54.2. The van der Waals surface area contributed by atoms with Crippen molar-refractivity contribution in [2.24, 2.45) is 5.92 Å². The molecule has 1 aromatic rings. The van der Waals surface area contributed by atoms with Crippen molar-refractivity contribution in [3.8, 4) is 0 Å². The minimum Gasteiger partial charge on any atom is -0.468 e. The van der Waals surface area contributed by atoms with E-state index < -0.39 is 35.7 Å². The van der Waals surface area contributed by atoms with Crippen molar-refractivity contribution in [2.75, 3.05) is 20.2 Å². The Kier molecular flexibility index (Phi) is 14.0. The molecule has 0 spiro atoms. The summed E-state index contributed by atoms with van der Waals surface area (Å²) in [6.07, 6.45) is 3.52. The molecule has 3 atom stereocenters. The Morgan fingerprint density at radius 1 is 1.03 bits per heavy atom. The van der Waals surface area contributed by atoms with Crippen molar-refractivity contribution < 1.29 is 28.7 Å². The van der Waals surface area contributed by atoms with Crippen molar-refractivity contribution in [1.29, 1.82) is 0 Å². The second-order valence-electron chi connectivity index (χ2n) is 11.1. The van der Waals surface area contributed by atoms with Gasteiger partial charge in [0, 0.05) is 6.54 Å². The standard InChI is InChI=1S/C30H49N3O6/c1-10-12-13-14-18-33(28(36)25(20(3)11-2)32-29(37)39-30(6,7)8)26(27(35)31-19-24(34)38-9)23-17-15-16-21(4)22(23)5/h15-17,20,25-26H,10-14,18-19H2,1-9H3,(H,31,35)(H,32,37). The van der Waals surface area contributed by atoms with Crippen LogP contribution in [0.4, 0.5) is 4.79 Å². The van der Waals surface area contributed by atoms with Gasteiger partial charge in [-0.2, -0.15) is 0 Å². The molecule has 3 unspecified atom stereocenters. The van der Waals surface area contributed by atoms with E-state index in [0.29, 0.717) is 24.9 Å². The van der Waals surface area contributed by atoms with E-state index in [1.165, 1.54) is 7.11 Å². The van der Waals surface area contributed by atoms with Gasteiger partial charge in [-0.05, 0) is 63.6 Å². The van der Waals surface area contributed by atoms with Crippen LogP contribution in [0.15, 0.2) is 18.2 Å². The van der Waals surface area contributed by atoms with Gasteiger partial charge in [-0.25, -0.2) is 4.79 Å². The van der Waals surface area contributed by atoms with Gasteiger partial charge in [-0.1, -0.05) is 64.7 Å². The fourth-order valence-electron chi connectivity index (χ4n) is 4.22. The van der Waals surface area contributed by atoms with Gasteiger partial charge in [-0.15, -0.1) is 0 Å². The van der Waals surface area contributed by atoms with Crippen molar-refractivity contribution >= 4 is 23.9 Å². The number of unbranched alkanes of at least 4 members (excludes halogenated alkanes) is 3. The molecule has 0 saturated carbocycles. The lowest BCUT2D eigenvalue weighted by molar-refractivity contribution is -0.145. The van der Waals surface area contributed by atoms with Crippen molar-refractivity contribution in [2.45, 2.75) is 105 Å². The predicted octanol–water partition coefficient (Wildman–Crippen LogP) is 4.98. The Balaban J connectivity index is 3.60. The third kappa shape index (κ3) is 10.9. The lowest BCUT2D eigenvalue weighted by atomic mass is 9.92. The minimum absolute atomic E-state index is 0.222. The SMILES string of the molecule is CCCCCCN(C(=O)C(NC(=O)OC(C)(C)C)C(C)CC)C(C(=O)NCC(=O)OC)c1cccc(C)c1C. The summed E-state index contributed by atoms with van der Waals surface area (Å²) < 4.78 is 10.2. The Morgan fingerprint density at radius 2 is 1.69 bits per heavy atom. The van der Waals surface area contributed by atoms with E-state index in [9.17, 15) is 19.2 Å². The van der Waals surface area contributed by atoms with E-state index in [4.69, 9.17) is 9.47 Å². The number of hydrogen-bond donors (Lipinski definition) is 2. The van der Waals surface area contributed by atoms with Crippen LogP contribution in [0, 0.1) is 19.8 Å². The first-order valence-corrected chi connectivity index (χ1v) is 14.0. The first-order chi connectivity index (χ1) is 18.3. The van der Waals surface area contributed by atoms with E-state index in [-0.39, 0.29) is 18.4 Å². The second-order valence-corrected chi connectivity index (χ2v) is 11.1. The number of aryl methyl sites for hydroxylation is 1. The molecule has 3 amide bonds. The topological polar surface area (TPSA) is 114 Å². The molecule has 0 aliphatic rings. The van der Waals surface area contributed by atoms with Crippen molar-refractivity contribution in [3.63, 3.8) is 0 Å². The van der Waals surface area contributed by atoms with E-state index in [0.717, 1.165) is 30.4 Å². The van der Waals surface area contributed by atoms with Crippen LogP contribution in [0.3, 0.4) is 0 Å². The predicted molar refractivity (Wildman–Crippen MR) is 152 cm³/mol. The van der Waals surface area contributed by atoms with Crippen LogP contribution >= 0.6 is 0 Å². The minimum atomic E-state index is -1.00.